The third-order valence-electron chi connectivity index (χ3n) is 3.92. The lowest BCUT2D eigenvalue weighted by atomic mass is 10.1. The fourth-order valence-corrected chi connectivity index (χ4v) is 3.66. The molecule has 1 atom stereocenters. The summed E-state index contributed by atoms with van der Waals surface area (Å²) in [5.41, 5.74) is 1.94. The molecular formula is C19H20N2O3S. The van der Waals surface area contributed by atoms with Crippen LogP contribution in [0.15, 0.2) is 53.4 Å². The van der Waals surface area contributed by atoms with Crippen molar-refractivity contribution < 1.29 is 14.3 Å². The maximum absolute atomic E-state index is 12.4. The van der Waals surface area contributed by atoms with E-state index in [1.807, 2.05) is 12.1 Å². The van der Waals surface area contributed by atoms with Gasteiger partial charge in [-0.25, -0.2) is 0 Å². The van der Waals surface area contributed by atoms with Crippen molar-refractivity contribution in [1.29, 1.82) is 0 Å². The second kappa shape index (κ2) is 7.61. The number of thioether (sulfide) groups is 1. The van der Waals surface area contributed by atoms with Gasteiger partial charge in [0.1, 0.15) is 5.75 Å². The number of hydrogen-bond donors (Lipinski definition) is 1. The zero-order chi connectivity index (χ0) is 17.8. The van der Waals surface area contributed by atoms with Crippen molar-refractivity contribution in [1.82, 2.24) is 4.90 Å². The van der Waals surface area contributed by atoms with E-state index in [9.17, 15) is 9.59 Å². The summed E-state index contributed by atoms with van der Waals surface area (Å²) >= 11 is 1.60. The Morgan fingerprint density at radius 2 is 1.88 bits per heavy atom. The highest BCUT2D eigenvalue weighted by atomic mass is 32.2. The first-order valence-corrected chi connectivity index (χ1v) is 8.89. The van der Waals surface area contributed by atoms with E-state index in [2.05, 4.69) is 17.4 Å². The van der Waals surface area contributed by atoms with Gasteiger partial charge >= 0.3 is 0 Å². The topological polar surface area (TPSA) is 58.6 Å². The molecule has 2 aromatic rings. The molecule has 1 aliphatic rings. The highest BCUT2D eigenvalue weighted by Crippen LogP contribution is 2.37. The smallest absolute Gasteiger partial charge is 0.259 e. The molecule has 0 radical (unpaired) electrons. The lowest BCUT2D eigenvalue weighted by Gasteiger charge is -2.12. The van der Waals surface area contributed by atoms with Gasteiger partial charge in [0.2, 0.25) is 5.91 Å². The zero-order valence-corrected chi connectivity index (χ0v) is 15.0. The van der Waals surface area contributed by atoms with Crippen molar-refractivity contribution in [3.63, 3.8) is 0 Å². The first-order valence-electron chi connectivity index (χ1n) is 8.01. The van der Waals surface area contributed by atoms with E-state index in [1.165, 1.54) is 15.4 Å². The number of fused-ring (bicyclic) bond motifs is 1. The Labute approximate surface area is 151 Å². The third-order valence-corrected chi connectivity index (χ3v) is 5.24. The predicted molar refractivity (Wildman–Crippen MR) is 99.1 cm³/mol. The number of benzene rings is 2. The van der Waals surface area contributed by atoms with E-state index in [4.69, 9.17) is 4.74 Å². The van der Waals surface area contributed by atoms with Gasteiger partial charge in [-0.05, 0) is 42.3 Å². The molecule has 0 saturated carbocycles. The van der Waals surface area contributed by atoms with E-state index in [0.717, 1.165) is 6.42 Å². The molecule has 6 heteroatoms. The first-order chi connectivity index (χ1) is 12.0. The Kier molecular flexibility index (Phi) is 5.28. The Morgan fingerprint density at radius 1 is 1.16 bits per heavy atom. The molecule has 1 N–H and O–H groups in total. The average Bonchev–Trinajstić information content (AvgIpc) is 3.05. The number of nitrogens with one attached hydrogen (secondary N) is 1. The molecule has 0 spiro atoms. The number of likely N-dealkylation sites (N-methyl/N-ethyl adjacent to an activating group) is 1. The summed E-state index contributed by atoms with van der Waals surface area (Å²) in [6.45, 7) is -0.00429. The Hall–Kier alpha value is -2.47. The maximum Gasteiger partial charge on any atom is 0.259 e. The monoisotopic (exact) mass is 356 g/mol. The van der Waals surface area contributed by atoms with Crippen LogP contribution in [-0.2, 0) is 16.0 Å². The summed E-state index contributed by atoms with van der Waals surface area (Å²) in [7, 11) is 3.37. The van der Waals surface area contributed by atoms with Crippen LogP contribution in [0.5, 0.6) is 5.75 Å². The molecule has 3 rings (SSSR count). The summed E-state index contributed by atoms with van der Waals surface area (Å²) in [4.78, 5) is 26.6. The average molecular weight is 356 g/mol. The molecule has 1 unspecified atom stereocenters. The number of amides is 2. The lowest BCUT2D eigenvalue weighted by molar-refractivity contribution is -0.130. The molecule has 0 saturated heterocycles. The fraction of sp³-hybridized carbons (Fsp3) is 0.263. The van der Waals surface area contributed by atoms with Crippen LogP contribution in [0.1, 0.15) is 5.56 Å². The highest BCUT2D eigenvalue weighted by Gasteiger charge is 2.27. The fourth-order valence-electron chi connectivity index (χ4n) is 2.46. The Bertz CT molecular complexity index is 749. The Balaban J connectivity index is 1.53. The van der Waals surface area contributed by atoms with Crippen LogP contribution >= 0.6 is 11.8 Å². The van der Waals surface area contributed by atoms with E-state index >= 15 is 0 Å². The first kappa shape index (κ1) is 17.4. The maximum atomic E-state index is 12.4. The van der Waals surface area contributed by atoms with Crippen LogP contribution in [0.2, 0.25) is 0 Å². The lowest BCUT2D eigenvalue weighted by Crippen LogP contribution is -2.27. The number of anilines is 1. The second-order valence-electron chi connectivity index (χ2n) is 6.01. The van der Waals surface area contributed by atoms with Gasteiger partial charge in [0, 0.05) is 24.7 Å². The van der Waals surface area contributed by atoms with Crippen molar-refractivity contribution >= 4 is 29.3 Å². The normalized spacial score (nSPS) is 15.4. The van der Waals surface area contributed by atoms with Crippen molar-refractivity contribution in [3.05, 3.63) is 54.1 Å². The SMILES string of the molecule is CN(C)C(=O)COc1ccc(NC(=O)C2Cc3ccccc3S2)cc1. The van der Waals surface area contributed by atoms with Gasteiger partial charge in [-0.3, -0.25) is 9.59 Å². The van der Waals surface area contributed by atoms with Crippen LogP contribution in [0.25, 0.3) is 0 Å². The number of rotatable bonds is 5. The standard InChI is InChI=1S/C19H20N2O3S/c1-21(2)18(22)12-24-15-9-7-14(8-10-15)20-19(23)17-11-13-5-3-4-6-16(13)25-17/h3-10,17H,11-12H2,1-2H3,(H,20,23). The largest absolute Gasteiger partial charge is 0.484 e. The molecule has 0 fully saturated rings. The van der Waals surface area contributed by atoms with Crippen LogP contribution in [0, 0.1) is 0 Å². The second-order valence-corrected chi connectivity index (χ2v) is 7.25. The predicted octanol–water partition coefficient (Wildman–Crippen LogP) is 2.81. The molecule has 25 heavy (non-hydrogen) atoms. The van der Waals surface area contributed by atoms with Gasteiger partial charge in [0.05, 0.1) is 5.25 Å². The van der Waals surface area contributed by atoms with Crippen molar-refractivity contribution in [2.75, 3.05) is 26.0 Å². The summed E-state index contributed by atoms with van der Waals surface area (Å²) in [6.07, 6.45) is 0.751. The van der Waals surface area contributed by atoms with Gasteiger partial charge in [-0.2, -0.15) is 0 Å². The molecule has 1 heterocycles. The molecule has 0 aromatic heterocycles. The van der Waals surface area contributed by atoms with Gasteiger partial charge in [0.15, 0.2) is 6.61 Å². The van der Waals surface area contributed by atoms with Crippen LogP contribution in [0.3, 0.4) is 0 Å². The molecule has 5 nitrogen and oxygen atoms in total. The Morgan fingerprint density at radius 3 is 2.56 bits per heavy atom. The number of hydrogen-bond acceptors (Lipinski definition) is 4. The summed E-state index contributed by atoms with van der Waals surface area (Å²) in [5.74, 6) is 0.490. The number of nitrogens with zero attached hydrogens (tertiary/aromatic N) is 1. The number of carbonyl (C=O) groups is 2. The zero-order valence-electron chi connectivity index (χ0n) is 14.2. The third kappa shape index (κ3) is 4.33. The van der Waals surface area contributed by atoms with Crippen LogP contribution in [-0.4, -0.2) is 42.7 Å². The van der Waals surface area contributed by atoms with Gasteiger partial charge < -0.3 is 15.0 Å². The quantitative estimate of drug-likeness (QED) is 0.895. The van der Waals surface area contributed by atoms with E-state index in [1.54, 1.807) is 50.1 Å². The molecular weight excluding hydrogens is 336 g/mol. The summed E-state index contributed by atoms with van der Waals surface area (Å²) < 4.78 is 5.42. The van der Waals surface area contributed by atoms with E-state index < -0.39 is 0 Å². The minimum Gasteiger partial charge on any atom is -0.484 e. The van der Waals surface area contributed by atoms with Gasteiger partial charge in [-0.1, -0.05) is 18.2 Å². The van der Waals surface area contributed by atoms with Crippen LogP contribution < -0.4 is 10.1 Å². The molecule has 0 aliphatic carbocycles. The molecule has 1 aliphatic heterocycles. The summed E-state index contributed by atoms with van der Waals surface area (Å²) in [6, 6.07) is 15.2. The molecule has 0 bridgehead atoms. The van der Waals surface area contributed by atoms with Crippen molar-refractivity contribution in [2.45, 2.75) is 16.6 Å². The van der Waals surface area contributed by atoms with Crippen molar-refractivity contribution in [3.8, 4) is 5.75 Å². The highest BCUT2D eigenvalue weighted by molar-refractivity contribution is 8.01. The molecule has 2 amide bonds. The minimum absolute atomic E-state index is 0.00217. The molecule has 2 aromatic carbocycles. The van der Waals surface area contributed by atoms with Gasteiger partial charge in [0.25, 0.3) is 5.91 Å². The summed E-state index contributed by atoms with van der Waals surface area (Å²) in [5, 5.41) is 2.83. The van der Waals surface area contributed by atoms with Crippen LogP contribution in [0.4, 0.5) is 5.69 Å². The van der Waals surface area contributed by atoms with E-state index in [0.29, 0.717) is 11.4 Å². The number of carbonyl (C=O) groups excluding carboxylic acids is 2. The van der Waals surface area contributed by atoms with Gasteiger partial charge in [-0.15, -0.1) is 11.8 Å². The van der Waals surface area contributed by atoms with Crippen molar-refractivity contribution in [2.24, 2.45) is 0 Å². The molecule has 130 valence electrons. The number of ether oxygens (including phenoxy) is 1. The minimum atomic E-state index is -0.106. The van der Waals surface area contributed by atoms with E-state index in [-0.39, 0.29) is 23.7 Å².